The fourth-order valence-electron chi connectivity index (χ4n) is 2.40. The average Bonchev–Trinajstić information content (AvgIpc) is 2.39. The smallest absolute Gasteiger partial charge is 0.133 e. The summed E-state index contributed by atoms with van der Waals surface area (Å²) in [5.41, 5.74) is 3.64. The Bertz CT molecular complexity index is 446. The second-order valence-electron chi connectivity index (χ2n) is 6.32. The Morgan fingerprint density at radius 1 is 1.29 bits per heavy atom. The van der Waals surface area contributed by atoms with E-state index in [9.17, 15) is 0 Å². The van der Waals surface area contributed by atoms with Gasteiger partial charge in [0.05, 0.1) is 12.6 Å². The van der Waals surface area contributed by atoms with E-state index >= 15 is 0 Å². The molecule has 1 heterocycles. The van der Waals surface area contributed by atoms with Gasteiger partial charge in [0.15, 0.2) is 0 Å². The summed E-state index contributed by atoms with van der Waals surface area (Å²) in [7, 11) is 3.83. The van der Waals surface area contributed by atoms with Crippen LogP contribution in [0.3, 0.4) is 0 Å². The Morgan fingerprint density at radius 2 is 1.95 bits per heavy atom. The van der Waals surface area contributed by atoms with Gasteiger partial charge < -0.3 is 15.0 Å². The monoisotopic (exact) mass is 293 g/mol. The zero-order valence-electron chi connectivity index (χ0n) is 14.7. The van der Waals surface area contributed by atoms with Crippen molar-refractivity contribution in [1.82, 2.24) is 10.3 Å². The van der Waals surface area contributed by atoms with Crippen LogP contribution in [-0.4, -0.2) is 38.3 Å². The molecule has 0 aromatic carbocycles. The zero-order chi connectivity index (χ0) is 16.0. The summed E-state index contributed by atoms with van der Waals surface area (Å²) in [5.74, 6) is 1.71. The van der Waals surface area contributed by atoms with Gasteiger partial charge in [0, 0.05) is 32.0 Å². The summed E-state index contributed by atoms with van der Waals surface area (Å²) in [5, 5.41) is 3.53. The van der Waals surface area contributed by atoms with E-state index in [2.05, 4.69) is 57.9 Å². The summed E-state index contributed by atoms with van der Waals surface area (Å²) in [4.78, 5) is 6.98. The third-order valence-electron chi connectivity index (χ3n) is 3.71. The van der Waals surface area contributed by atoms with Crippen molar-refractivity contribution in [3.63, 3.8) is 0 Å². The first kappa shape index (κ1) is 17.9. The number of hydrogen-bond donors (Lipinski definition) is 1. The highest BCUT2D eigenvalue weighted by Gasteiger charge is 2.17. The fraction of sp³-hybridized carbons (Fsp3) is 0.706. The lowest BCUT2D eigenvalue weighted by Gasteiger charge is -2.28. The lowest BCUT2D eigenvalue weighted by Crippen LogP contribution is -2.35. The molecule has 1 N–H and O–H groups in total. The summed E-state index contributed by atoms with van der Waals surface area (Å²) >= 11 is 0. The minimum Gasteiger partial charge on any atom is -0.383 e. The molecule has 1 aromatic rings. The molecule has 0 bridgehead atoms. The van der Waals surface area contributed by atoms with Crippen molar-refractivity contribution in [2.24, 2.45) is 5.92 Å². The summed E-state index contributed by atoms with van der Waals surface area (Å²) in [6.07, 6.45) is 0. The third kappa shape index (κ3) is 5.29. The Labute approximate surface area is 129 Å². The van der Waals surface area contributed by atoms with E-state index in [1.165, 1.54) is 11.1 Å². The highest BCUT2D eigenvalue weighted by molar-refractivity contribution is 5.51. The summed E-state index contributed by atoms with van der Waals surface area (Å²) < 4.78 is 5.27. The predicted octanol–water partition coefficient (Wildman–Crippen LogP) is 2.92. The van der Waals surface area contributed by atoms with Gasteiger partial charge in [0.25, 0.3) is 0 Å². The van der Waals surface area contributed by atoms with E-state index in [0.717, 1.165) is 24.6 Å². The predicted molar refractivity (Wildman–Crippen MR) is 90.0 cm³/mol. The van der Waals surface area contributed by atoms with Crippen LogP contribution in [0, 0.1) is 19.8 Å². The SMILES string of the molecule is COCC(C)N(C)c1nc(C)cc(C)c1CNCC(C)C. The number of pyridine rings is 1. The van der Waals surface area contributed by atoms with Crippen LogP contribution >= 0.6 is 0 Å². The molecule has 0 saturated carbocycles. The third-order valence-corrected chi connectivity index (χ3v) is 3.71. The maximum atomic E-state index is 5.27. The number of hydrogen-bond acceptors (Lipinski definition) is 4. The number of rotatable bonds is 8. The van der Waals surface area contributed by atoms with Crippen molar-refractivity contribution in [3.8, 4) is 0 Å². The van der Waals surface area contributed by atoms with Crippen molar-refractivity contribution in [2.75, 3.05) is 32.2 Å². The van der Waals surface area contributed by atoms with E-state index in [4.69, 9.17) is 9.72 Å². The van der Waals surface area contributed by atoms with Crippen LogP contribution in [0.25, 0.3) is 0 Å². The van der Waals surface area contributed by atoms with Crippen LogP contribution in [0.5, 0.6) is 0 Å². The van der Waals surface area contributed by atoms with E-state index in [1.54, 1.807) is 7.11 Å². The van der Waals surface area contributed by atoms with Crippen LogP contribution in [-0.2, 0) is 11.3 Å². The molecule has 1 unspecified atom stereocenters. The number of methoxy groups -OCH3 is 1. The van der Waals surface area contributed by atoms with Gasteiger partial charge in [-0.1, -0.05) is 13.8 Å². The molecule has 0 aliphatic heterocycles. The minimum absolute atomic E-state index is 0.299. The van der Waals surface area contributed by atoms with E-state index in [0.29, 0.717) is 18.6 Å². The molecule has 1 atom stereocenters. The molecule has 0 spiro atoms. The van der Waals surface area contributed by atoms with Crippen molar-refractivity contribution in [2.45, 2.75) is 47.2 Å². The number of likely N-dealkylation sites (N-methyl/N-ethyl adjacent to an activating group) is 1. The molecule has 21 heavy (non-hydrogen) atoms. The number of aryl methyl sites for hydroxylation is 2. The first-order valence-corrected chi connectivity index (χ1v) is 7.76. The van der Waals surface area contributed by atoms with E-state index in [1.807, 2.05) is 0 Å². The van der Waals surface area contributed by atoms with Gasteiger partial charge >= 0.3 is 0 Å². The molecule has 0 aliphatic carbocycles. The molecule has 4 nitrogen and oxygen atoms in total. The molecule has 0 saturated heterocycles. The molecular weight excluding hydrogens is 262 g/mol. The first-order valence-electron chi connectivity index (χ1n) is 7.76. The van der Waals surface area contributed by atoms with Gasteiger partial charge in [-0.3, -0.25) is 0 Å². The van der Waals surface area contributed by atoms with Crippen molar-refractivity contribution >= 4 is 5.82 Å². The number of ether oxygens (including phenoxy) is 1. The standard InChI is InChI=1S/C17H31N3O/c1-12(2)9-18-10-16-13(3)8-14(4)19-17(16)20(6)15(5)11-21-7/h8,12,15,18H,9-11H2,1-7H3. The topological polar surface area (TPSA) is 37.4 Å². The molecule has 1 aromatic heterocycles. The van der Waals surface area contributed by atoms with Gasteiger partial charge in [0.1, 0.15) is 5.82 Å². The fourth-order valence-corrected chi connectivity index (χ4v) is 2.40. The van der Waals surface area contributed by atoms with Gasteiger partial charge in [-0.2, -0.15) is 0 Å². The van der Waals surface area contributed by atoms with E-state index in [-0.39, 0.29) is 0 Å². The first-order chi connectivity index (χ1) is 9.86. The highest BCUT2D eigenvalue weighted by atomic mass is 16.5. The van der Waals surface area contributed by atoms with Crippen LogP contribution < -0.4 is 10.2 Å². The Kier molecular flexibility index (Phi) is 7.12. The quantitative estimate of drug-likeness (QED) is 0.799. The maximum absolute atomic E-state index is 5.27. The Hall–Kier alpha value is -1.13. The van der Waals surface area contributed by atoms with Gasteiger partial charge in [-0.05, 0) is 44.9 Å². The molecule has 0 fully saturated rings. The molecule has 0 aliphatic rings. The second-order valence-corrected chi connectivity index (χ2v) is 6.32. The second kappa shape index (κ2) is 8.35. The summed E-state index contributed by atoms with van der Waals surface area (Å²) in [6, 6.07) is 2.46. The molecule has 0 amide bonds. The Morgan fingerprint density at radius 3 is 2.52 bits per heavy atom. The highest BCUT2D eigenvalue weighted by Crippen LogP contribution is 2.23. The van der Waals surface area contributed by atoms with Gasteiger partial charge in [-0.15, -0.1) is 0 Å². The maximum Gasteiger partial charge on any atom is 0.133 e. The van der Waals surface area contributed by atoms with Crippen LogP contribution in [0.2, 0.25) is 0 Å². The van der Waals surface area contributed by atoms with Crippen molar-refractivity contribution in [3.05, 3.63) is 22.9 Å². The molecule has 4 heteroatoms. The molecule has 0 radical (unpaired) electrons. The number of nitrogens with zero attached hydrogens (tertiary/aromatic N) is 2. The van der Waals surface area contributed by atoms with Gasteiger partial charge in [-0.25, -0.2) is 4.98 Å². The van der Waals surface area contributed by atoms with Gasteiger partial charge in [0.2, 0.25) is 0 Å². The number of aromatic nitrogens is 1. The van der Waals surface area contributed by atoms with Crippen LogP contribution in [0.15, 0.2) is 6.07 Å². The number of nitrogens with one attached hydrogen (secondary N) is 1. The number of anilines is 1. The van der Waals surface area contributed by atoms with Crippen molar-refractivity contribution in [1.29, 1.82) is 0 Å². The summed E-state index contributed by atoms with van der Waals surface area (Å²) in [6.45, 7) is 13.4. The Balaban J connectivity index is 2.99. The molecular formula is C17H31N3O. The zero-order valence-corrected chi connectivity index (χ0v) is 14.7. The van der Waals surface area contributed by atoms with Crippen molar-refractivity contribution < 1.29 is 4.74 Å². The average molecular weight is 293 g/mol. The normalized spacial score (nSPS) is 12.8. The van der Waals surface area contributed by atoms with Crippen LogP contribution in [0.4, 0.5) is 5.82 Å². The largest absolute Gasteiger partial charge is 0.383 e. The lowest BCUT2D eigenvalue weighted by atomic mass is 10.1. The molecule has 1 rings (SSSR count). The lowest BCUT2D eigenvalue weighted by molar-refractivity contribution is 0.183. The minimum atomic E-state index is 0.299. The van der Waals surface area contributed by atoms with E-state index < -0.39 is 0 Å². The van der Waals surface area contributed by atoms with Crippen LogP contribution in [0.1, 0.15) is 37.6 Å². The molecule has 120 valence electrons.